The van der Waals surface area contributed by atoms with Crippen LogP contribution in [0.3, 0.4) is 0 Å². The van der Waals surface area contributed by atoms with Gasteiger partial charge in [0.2, 0.25) is 10.0 Å². The molecule has 0 aliphatic carbocycles. The van der Waals surface area contributed by atoms with Crippen molar-refractivity contribution in [3.05, 3.63) is 53.3 Å². The van der Waals surface area contributed by atoms with Gasteiger partial charge in [0.15, 0.2) is 24.0 Å². The van der Waals surface area contributed by atoms with E-state index in [2.05, 4.69) is 0 Å². The molecule has 178 valence electrons. The molecule has 1 aliphatic heterocycles. The molecule has 3 rings (SSSR count). The lowest BCUT2D eigenvalue weighted by Crippen LogP contribution is -2.32. The van der Waals surface area contributed by atoms with Crippen molar-refractivity contribution in [2.75, 3.05) is 33.9 Å². The molecule has 8 nitrogen and oxygen atoms in total. The minimum Gasteiger partial charge on any atom is -0.496 e. The first-order chi connectivity index (χ1) is 15.8. The van der Waals surface area contributed by atoms with E-state index in [-0.39, 0.29) is 27.5 Å². The summed E-state index contributed by atoms with van der Waals surface area (Å²) in [7, 11) is -1.17. The molecule has 1 fully saturated rings. The van der Waals surface area contributed by atoms with Gasteiger partial charge >= 0.3 is 5.97 Å². The number of esters is 1. The van der Waals surface area contributed by atoms with Crippen molar-refractivity contribution in [1.29, 1.82) is 0 Å². The summed E-state index contributed by atoms with van der Waals surface area (Å²) < 4.78 is 56.5. The molecule has 0 atom stereocenters. The summed E-state index contributed by atoms with van der Waals surface area (Å²) >= 11 is 0. The molecule has 10 heteroatoms. The number of Topliss-reactive ketones (excluding diaryl/α,β-unsaturated/α-hetero) is 1. The van der Waals surface area contributed by atoms with E-state index in [1.807, 2.05) is 0 Å². The van der Waals surface area contributed by atoms with Gasteiger partial charge in [-0.15, -0.1) is 0 Å². The summed E-state index contributed by atoms with van der Waals surface area (Å²) in [5.74, 6) is -2.18. The number of ether oxygens (including phenoxy) is 3. The number of rotatable bonds is 8. The van der Waals surface area contributed by atoms with Gasteiger partial charge in [0.1, 0.15) is 11.3 Å². The Morgan fingerprint density at radius 3 is 2.18 bits per heavy atom. The number of carbonyl (C=O) groups excluding carboxylic acids is 2. The van der Waals surface area contributed by atoms with Gasteiger partial charge in [-0.2, -0.15) is 4.31 Å². The van der Waals surface area contributed by atoms with E-state index >= 15 is 0 Å². The van der Waals surface area contributed by atoms with Crippen LogP contribution in [0.15, 0.2) is 41.3 Å². The minimum absolute atomic E-state index is 0.00515. The second kappa shape index (κ2) is 10.8. The Hall–Kier alpha value is -2.98. The minimum atomic E-state index is -3.80. The van der Waals surface area contributed by atoms with E-state index in [1.165, 1.54) is 48.9 Å². The Labute approximate surface area is 192 Å². The predicted molar refractivity (Wildman–Crippen MR) is 118 cm³/mol. The number of carbonyl (C=O) groups is 2. The molecule has 0 amide bonds. The highest BCUT2D eigenvalue weighted by Gasteiger charge is 2.27. The maximum atomic E-state index is 13.8. The van der Waals surface area contributed by atoms with Gasteiger partial charge in [0.05, 0.1) is 19.1 Å². The summed E-state index contributed by atoms with van der Waals surface area (Å²) in [6.07, 6.45) is 3.49. The number of methoxy groups -OCH3 is 2. The van der Waals surface area contributed by atoms with Crippen molar-refractivity contribution in [2.24, 2.45) is 0 Å². The van der Waals surface area contributed by atoms with E-state index in [0.29, 0.717) is 13.1 Å². The quantitative estimate of drug-likeness (QED) is 0.422. The topological polar surface area (TPSA) is 99.2 Å². The van der Waals surface area contributed by atoms with Crippen LogP contribution in [-0.4, -0.2) is 58.4 Å². The fourth-order valence-corrected chi connectivity index (χ4v) is 5.11. The zero-order valence-corrected chi connectivity index (χ0v) is 19.3. The maximum absolute atomic E-state index is 13.8. The summed E-state index contributed by atoms with van der Waals surface area (Å²) in [5, 5.41) is 0. The number of sulfonamides is 1. The van der Waals surface area contributed by atoms with Crippen molar-refractivity contribution in [3.63, 3.8) is 0 Å². The van der Waals surface area contributed by atoms with Crippen LogP contribution in [0.5, 0.6) is 11.5 Å². The molecule has 2 aromatic rings. The van der Waals surface area contributed by atoms with Crippen LogP contribution in [0.1, 0.15) is 46.4 Å². The Kier molecular flexibility index (Phi) is 8.04. The molecule has 0 saturated carbocycles. The SMILES string of the molecule is COc1ccc(C(=O)COC(=O)c2cc(S(=O)(=O)N3CCCCCC3)ccc2OC)cc1F. The zero-order chi connectivity index (χ0) is 24.0. The number of nitrogens with zero attached hydrogens (tertiary/aromatic N) is 1. The van der Waals surface area contributed by atoms with Crippen LogP contribution in [0.4, 0.5) is 4.39 Å². The summed E-state index contributed by atoms with van der Waals surface area (Å²) in [6.45, 7) is 0.180. The van der Waals surface area contributed by atoms with Gasteiger partial charge in [-0.05, 0) is 49.2 Å². The molecule has 33 heavy (non-hydrogen) atoms. The number of hydrogen-bond donors (Lipinski definition) is 0. The molecular weight excluding hydrogens is 453 g/mol. The second-order valence-electron chi connectivity index (χ2n) is 7.53. The third kappa shape index (κ3) is 5.69. The molecule has 1 saturated heterocycles. The normalized spacial score (nSPS) is 14.9. The molecule has 2 aromatic carbocycles. The summed E-state index contributed by atoms with van der Waals surface area (Å²) in [6, 6.07) is 7.59. The first kappa shape index (κ1) is 24.7. The Morgan fingerprint density at radius 1 is 0.939 bits per heavy atom. The average Bonchev–Trinajstić information content (AvgIpc) is 3.12. The monoisotopic (exact) mass is 479 g/mol. The van der Waals surface area contributed by atoms with Gasteiger partial charge in [-0.3, -0.25) is 4.79 Å². The third-order valence-corrected chi connectivity index (χ3v) is 7.30. The van der Waals surface area contributed by atoms with Crippen molar-refractivity contribution in [3.8, 4) is 11.5 Å². The zero-order valence-electron chi connectivity index (χ0n) is 18.5. The van der Waals surface area contributed by atoms with Crippen LogP contribution >= 0.6 is 0 Å². The first-order valence-electron chi connectivity index (χ1n) is 10.5. The fraction of sp³-hybridized carbons (Fsp3) is 0.391. The standard InChI is InChI=1S/C23H26FNO7S/c1-30-21-10-8-17(33(28,29)25-11-5-3-4-6-12-25)14-18(21)23(27)32-15-20(26)16-7-9-22(31-2)19(24)13-16/h7-10,13-14H,3-6,11-12,15H2,1-2H3. The van der Waals surface area contributed by atoms with Gasteiger partial charge in [-0.1, -0.05) is 12.8 Å². The van der Waals surface area contributed by atoms with Crippen LogP contribution in [-0.2, 0) is 14.8 Å². The lowest BCUT2D eigenvalue weighted by molar-refractivity contribution is 0.0471. The summed E-state index contributed by atoms with van der Waals surface area (Å²) in [4.78, 5) is 25.0. The number of ketones is 1. The first-order valence-corrected chi connectivity index (χ1v) is 11.9. The highest BCUT2D eigenvalue weighted by Crippen LogP contribution is 2.27. The second-order valence-corrected chi connectivity index (χ2v) is 9.47. The van der Waals surface area contributed by atoms with Crippen LogP contribution in [0.25, 0.3) is 0 Å². The predicted octanol–water partition coefficient (Wildman–Crippen LogP) is 3.45. The van der Waals surface area contributed by atoms with Crippen molar-refractivity contribution >= 4 is 21.8 Å². The van der Waals surface area contributed by atoms with Crippen LogP contribution in [0, 0.1) is 5.82 Å². The van der Waals surface area contributed by atoms with Gasteiger partial charge in [-0.25, -0.2) is 17.6 Å². The van der Waals surface area contributed by atoms with Gasteiger partial charge in [0, 0.05) is 18.7 Å². The summed E-state index contributed by atoms with van der Waals surface area (Å²) in [5.41, 5.74) is -0.118. The third-order valence-electron chi connectivity index (χ3n) is 5.40. The lowest BCUT2D eigenvalue weighted by atomic mass is 10.1. The average molecular weight is 480 g/mol. The molecular formula is C23H26FNO7S. The maximum Gasteiger partial charge on any atom is 0.342 e. The van der Waals surface area contributed by atoms with Crippen molar-refractivity contribution in [1.82, 2.24) is 4.31 Å². The van der Waals surface area contributed by atoms with Crippen LogP contribution in [0.2, 0.25) is 0 Å². The molecule has 0 aromatic heterocycles. The van der Waals surface area contributed by atoms with E-state index < -0.39 is 34.2 Å². The van der Waals surface area contributed by atoms with Gasteiger partial charge < -0.3 is 14.2 Å². The van der Waals surface area contributed by atoms with E-state index in [4.69, 9.17) is 14.2 Å². The van der Waals surface area contributed by atoms with Crippen LogP contribution < -0.4 is 9.47 Å². The Bertz CT molecular complexity index is 1130. The number of benzene rings is 2. The smallest absolute Gasteiger partial charge is 0.342 e. The van der Waals surface area contributed by atoms with Gasteiger partial charge in [0.25, 0.3) is 0 Å². The lowest BCUT2D eigenvalue weighted by Gasteiger charge is -2.20. The van der Waals surface area contributed by atoms with Crippen molar-refractivity contribution in [2.45, 2.75) is 30.6 Å². The Morgan fingerprint density at radius 2 is 1.58 bits per heavy atom. The number of halogens is 1. The number of hydrogen-bond acceptors (Lipinski definition) is 7. The van der Waals surface area contributed by atoms with Crippen molar-refractivity contribution < 1.29 is 36.6 Å². The Balaban J connectivity index is 1.78. The molecule has 0 radical (unpaired) electrons. The van der Waals surface area contributed by atoms with E-state index in [9.17, 15) is 22.4 Å². The highest BCUT2D eigenvalue weighted by atomic mass is 32.2. The van der Waals surface area contributed by atoms with E-state index in [1.54, 1.807) is 0 Å². The molecule has 1 aliphatic rings. The molecule has 0 unspecified atom stereocenters. The molecule has 0 N–H and O–H groups in total. The molecule has 0 bridgehead atoms. The molecule has 0 spiro atoms. The fourth-order valence-electron chi connectivity index (χ4n) is 3.57. The highest BCUT2D eigenvalue weighted by molar-refractivity contribution is 7.89. The molecule has 1 heterocycles. The largest absolute Gasteiger partial charge is 0.496 e. The van der Waals surface area contributed by atoms with E-state index in [0.717, 1.165) is 31.7 Å².